The van der Waals surface area contributed by atoms with Crippen LogP contribution < -0.4 is 19.5 Å². The predicted molar refractivity (Wildman–Crippen MR) is 174 cm³/mol. The van der Waals surface area contributed by atoms with E-state index in [0.29, 0.717) is 62.8 Å². The molecule has 1 fully saturated rings. The van der Waals surface area contributed by atoms with Gasteiger partial charge in [0.25, 0.3) is 0 Å². The zero-order chi connectivity index (χ0) is 32.6. The second-order valence-corrected chi connectivity index (χ2v) is 11.2. The van der Waals surface area contributed by atoms with Crippen LogP contribution in [0.3, 0.4) is 0 Å². The summed E-state index contributed by atoms with van der Waals surface area (Å²) in [5.41, 5.74) is 1.24. The standard InChI is InChI=1S/C32H32ClFN4O7S/c1-42-29-16-24-26(17-30(29)44-19-23(39)18-37-10-12-43-13-11-37)35-9-8-27(24)45-28-7-6-22(15-25(28)34)36-32(41)38(46)31(40)14-20-2-4-21(33)5-3-20/h2-9,15-17,23,39,46H,10-14,18-19H2,1H3,(H,36,41). The van der Waals surface area contributed by atoms with Crippen molar-refractivity contribution in [1.29, 1.82) is 0 Å². The van der Waals surface area contributed by atoms with E-state index in [9.17, 15) is 14.7 Å². The summed E-state index contributed by atoms with van der Waals surface area (Å²) in [6.45, 7) is 3.28. The number of nitrogens with one attached hydrogen (secondary N) is 1. The van der Waals surface area contributed by atoms with Crippen molar-refractivity contribution in [1.82, 2.24) is 14.2 Å². The highest BCUT2D eigenvalue weighted by Gasteiger charge is 2.21. The minimum absolute atomic E-state index is 0.0466. The lowest BCUT2D eigenvalue weighted by atomic mass is 10.1. The number of anilines is 1. The van der Waals surface area contributed by atoms with Crippen LogP contribution in [0.2, 0.25) is 5.02 Å². The smallest absolute Gasteiger partial charge is 0.338 e. The SMILES string of the molecule is COc1cc2c(Oc3ccc(NC(=O)N(S)C(=O)Cc4ccc(Cl)cc4)cc3F)ccnc2cc1OCC(O)CN1CCOCC1. The van der Waals surface area contributed by atoms with Crippen LogP contribution in [0.4, 0.5) is 14.9 Å². The van der Waals surface area contributed by atoms with E-state index in [1.165, 1.54) is 25.4 Å². The minimum atomic E-state index is -0.853. The summed E-state index contributed by atoms with van der Waals surface area (Å²) < 4.78 is 38.4. The molecule has 1 atom stereocenters. The first-order chi connectivity index (χ1) is 22.2. The molecule has 0 spiro atoms. The van der Waals surface area contributed by atoms with Crippen molar-refractivity contribution in [3.05, 3.63) is 83.3 Å². The van der Waals surface area contributed by atoms with E-state index in [2.05, 4.69) is 28.0 Å². The van der Waals surface area contributed by atoms with Crippen LogP contribution in [0.15, 0.2) is 66.9 Å². The van der Waals surface area contributed by atoms with E-state index in [4.69, 9.17) is 30.5 Å². The molecule has 1 saturated heterocycles. The summed E-state index contributed by atoms with van der Waals surface area (Å²) in [6.07, 6.45) is 0.711. The number of urea groups is 1. The normalized spacial score (nSPS) is 14.0. The van der Waals surface area contributed by atoms with Gasteiger partial charge in [-0.3, -0.25) is 14.7 Å². The second kappa shape index (κ2) is 15.4. The number of aromatic nitrogens is 1. The van der Waals surface area contributed by atoms with Gasteiger partial charge in [0.2, 0.25) is 5.91 Å². The molecule has 11 nitrogen and oxygen atoms in total. The number of amides is 3. The van der Waals surface area contributed by atoms with E-state index in [1.807, 2.05) is 0 Å². The van der Waals surface area contributed by atoms with Crippen LogP contribution in [0.5, 0.6) is 23.0 Å². The molecule has 5 rings (SSSR count). The Hall–Kier alpha value is -4.14. The molecule has 0 bridgehead atoms. The number of thiol groups is 1. The lowest BCUT2D eigenvalue weighted by Crippen LogP contribution is -2.42. The molecule has 1 aliphatic heterocycles. The number of fused-ring (bicyclic) bond motifs is 1. The number of aliphatic hydroxyl groups is 1. The van der Waals surface area contributed by atoms with Crippen molar-refractivity contribution in [2.45, 2.75) is 12.5 Å². The van der Waals surface area contributed by atoms with Crippen LogP contribution >= 0.6 is 24.4 Å². The van der Waals surface area contributed by atoms with Gasteiger partial charge in [-0.25, -0.2) is 13.5 Å². The maximum absolute atomic E-state index is 15.1. The van der Waals surface area contributed by atoms with Gasteiger partial charge < -0.3 is 29.4 Å². The molecular weight excluding hydrogens is 639 g/mol. The molecule has 14 heteroatoms. The molecular formula is C32H32ClFN4O7S. The van der Waals surface area contributed by atoms with Gasteiger partial charge >= 0.3 is 6.03 Å². The molecule has 3 amide bonds. The number of hydrogen-bond acceptors (Lipinski definition) is 10. The molecule has 46 heavy (non-hydrogen) atoms. The first kappa shape index (κ1) is 33.2. The average Bonchev–Trinajstić information content (AvgIpc) is 3.05. The van der Waals surface area contributed by atoms with E-state index < -0.39 is 23.9 Å². The van der Waals surface area contributed by atoms with Crippen molar-refractivity contribution in [3.8, 4) is 23.0 Å². The van der Waals surface area contributed by atoms with Crippen LogP contribution in [0.1, 0.15) is 5.56 Å². The number of nitrogens with zero attached hydrogens (tertiary/aromatic N) is 3. The lowest BCUT2D eigenvalue weighted by Gasteiger charge is -2.28. The summed E-state index contributed by atoms with van der Waals surface area (Å²) in [5, 5.41) is 14.0. The predicted octanol–water partition coefficient (Wildman–Crippen LogP) is 5.35. The number of hydrogen-bond donors (Lipinski definition) is 3. The average molecular weight is 671 g/mol. The Morgan fingerprint density at radius 3 is 2.57 bits per heavy atom. The third-order valence-corrected chi connectivity index (χ3v) is 7.75. The van der Waals surface area contributed by atoms with Crippen molar-refractivity contribution >= 4 is 52.9 Å². The largest absolute Gasteiger partial charge is 0.493 e. The monoisotopic (exact) mass is 670 g/mol. The number of rotatable bonds is 11. The molecule has 4 aromatic rings. The van der Waals surface area contributed by atoms with Gasteiger partial charge in [0.15, 0.2) is 23.1 Å². The maximum Gasteiger partial charge on any atom is 0.338 e. The Labute approximate surface area is 275 Å². The lowest BCUT2D eigenvalue weighted by molar-refractivity contribution is -0.123. The number of aliphatic hydroxyl groups excluding tert-OH is 1. The number of carbonyl (C=O) groups excluding carboxylic acids is 2. The first-order valence-corrected chi connectivity index (χ1v) is 15.1. The molecule has 242 valence electrons. The van der Waals surface area contributed by atoms with Crippen LogP contribution in [-0.4, -0.2) is 83.9 Å². The number of pyridine rings is 1. The van der Waals surface area contributed by atoms with Crippen molar-refractivity contribution in [3.63, 3.8) is 0 Å². The van der Waals surface area contributed by atoms with E-state index >= 15 is 4.39 Å². The Morgan fingerprint density at radius 1 is 1.09 bits per heavy atom. The topological polar surface area (TPSA) is 123 Å². The van der Waals surface area contributed by atoms with E-state index in [0.717, 1.165) is 19.2 Å². The highest BCUT2D eigenvalue weighted by atomic mass is 35.5. The maximum atomic E-state index is 15.1. The number of imide groups is 1. The van der Waals surface area contributed by atoms with E-state index in [1.54, 1.807) is 42.5 Å². The minimum Gasteiger partial charge on any atom is -0.493 e. The molecule has 0 aliphatic carbocycles. The number of morpholine rings is 1. The first-order valence-electron chi connectivity index (χ1n) is 14.3. The van der Waals surface area contributed by atoms with Gasteiger partial charge in [0.05, 0.1) is 32.3 Å². The molecule has 3 aromatic carbocycles. The summed E-state index contributed by atoms with van der Waals surface area (Å²) in [4.78, 5) is 31.6. The molecule has 0 saturated carbocycles. The molecule has 1 aliphatic rings. The van der Waals surface area contributed by atoms with Crippen molar-refractivity contribution < 1.29 is 38.0 Å². The third-order valence-electron chi connectivity index (χ3n) is 7.09. The fourth-order valence-corrected chi connectivity index (χ4v) is 4.98. The number of benzene rings is 3. The fraction of sp³-hybridized carbons (Fsp3) is 0.281. The summed E-state index contributed by atoms with van der Waals surface area (Å²) in [5.74, 6) is -0.394. The van der Waals surface area contributed by atoms with Gasteiger partial charge in [0.1, 0.15) is 18.5 Å². The number of β-amino-alcohol motifs (C(OH)–C–C–N with tert-alkyl or cyclic N) is 1. The Balaban J connectivity index is 1.23. The summed E-state index contributed by atoms with van der Waals surface area (Å²) >= 11 is 9.87. The van der Waals surface area contributed by atoms with Crippen LogP contribution in [0.25, 0.3) is 10.9 Å². The molecule has 1 aromatic heterocycles. The van der Waals surface area contributed by atoms with Crippen molar-refractivity contribution in [2.75, 3.05) is 51.9 Å². The van der Waals surface area contributed by atoms with Gasteiger partial charge in [0, 0.05) is 54.1 Å². The van der Waals surface area contributed by atoms with Crippen LogP contribution in [-0.2, 0) is 16.0 Å². The Bertz CT molecular complexity index is 1690. The highest BCUT2D eigenvalue weighted by Crippen LogP contribution is 2.38. The summed E-state index contributed by atoms with van der Waals surface area (Å²) in [6, 6.07) is 14.5. The summed E-state index contributed by atoms with van der Waals surface area (Å²) in [7, 11) is 1.49. The van der Waals surface area contributed by atoms with Gasteiger partial charge in [-0.05, 0) is 42.0 Å². The number of methoxy groups -OCH3 is 1. The second-order valence-electron chi connectivity index (χ2n) is 10.4. The third kappa shape index (κ3) is 8.56. The number of carbonyl (C=O) groups is 2. The van der Waals surface area contributed by atoms with E-state index in [-0.39, 0.29) is 24.5 Å². The molecule has 1 unspecified atom stereocenters. The number of halogens is 2. The Morgan fingerprint density at radius 2 is 1.85 bits per heavy atom. The molecule has 2 heterocycles. The fourth-order valence-electron chi connectivity index (χ4n) is 4.73. The van der Waals surface area contributed by atoms with Crippen molar-refractivity contribution in [2.24, 2.45) is 0 Å². The molecule has 2 N–H and O–H groups in total. The Kier molecular flexibility index (Phi) is 11.1. The highest BCUT2D eigenvalue weighted by molar-refractivity contribution is 7.79. The quantitative estimate of drug-likeness (QED) is 0.181. The van der Waals surface area contributed by atoms with Gasteiger partial charge in [-0.1, -0.05) is 36.5 Å². The zero-order valence-electron chi connectivity index (χ0n) is 24.8. The number of ether oxygens (including phenoxy) is 4. The molecule has 0 radical (unpaired) electrons. The van der Waals surface area contributed by atoms with Crippen LogP contribution in [0, 0.1) is 5.82 Å². The zero-order valence-corrected chi connectivity index (χ0v) is 26.5. The van der Waals surface area contributed by atoms with Gasteiger partial charge in [-0.15, -0.1) is 0 Å². The van der Waals surface area contributed by atoms with Gasteiger partial charge in [-0.2, -0.15) is 0 Å².